The molecular formula is C24H33ClN4O4S. The molecule has 0 bridgehead atoms. The van der Waals surface area contributed by atoms with Gasteiger partial charge in [0.05, 0.1) is 28.3 Å². The van der Waals surface area contributed by atoms with Gasteiger partial charge in [-0.2, -0.15) is 0 Å². The summed E-state index contributed by atoms with van der Waals surface area (Å²) < 4.78 is 32.3. The monoisotopic (exact) mass is 508 g/mol. The molecule has 186 valence electrons. The number of nitrogens with one attached hydrogen (secondary N) is 2. The van der Waals surface area contributed by atoms with Crippen molar-refractivity contribution in [3.05, 3.63) is 53.1 Å². The molecule has 1 heterocycles. The fourth-order valence-electron chi connectivity index (χ4n) is 4.06. The molecule has 1 atom stereocenters. The van der Waals surface area contributed by atoms with Crippen LogP contribution >= 0.6 is 11.6 Å². The molecule has 1 aliphatic heterocycles. The summed E-state index contributed by atoms with van der Waals surface area (Å²) in [4.78, 5) is 15.3. The molecule has 0 radical (unpaired) electrons. The zero-order valence-corrected chi connectivity index (χ0v) is 21.0. The minimum Gasteiger partial charge on any atom is -0.496 e. The number of hydrogen-bond donors (Lipinski definition) is 3. The van der Waals surface area contributed by atoms with Crippen molar-refractivity contribution in [2.75, 3.05) is 45.6 Å². The second kappa shape index (κ2) is 12.4. The van der Waals surface area contributed by atoms with Crippen molar-refractivity contribution in [1.82, 2.24) is 14.9 Å². The SMILES string of the molecule is COc1cc(N)c(Cl)cc1C(=O)NC[C@H]1CCN(CCCCCNS(=O)(=O)c2ccccc2)C1. The number of carbonyl (C=O) groups is 1. The molecule has 2 aromatic rings. The molecule has 1 amide bonds. The fourth-order valence-corrected chi connectivity index (χ4v) is 5.32. The quantitative estimate of drug-likeness (QED) is 0.300. The number of benzene rings is 2. The van der Waals surface area contributed by atoms with Gasteiger partial charge in [-0.15, -0.1) is 0 Å². The van der Waals surface area contributed by atoms with Crippen LogP contribution in [-0.2, 0) is 10.0 Å². The number of unbranched alkanes of at least 4 members (excludes halogenated alkanes) is 2. The van der Waals surface area contributed by atoms with Crippen LogP contribution in [-0.4, -0.2) is 59.1 Å². The predicted octanol–water partition coefficient (Wildman–Crippen LogP) is 3.13. The molecule has 3 rings (SSSR count). The van der Waals surface area contributed by atoms with Crippen LogP contribution in [0.3, 0.4) is 0 Å². The molecule has 0 aromatic heterocycles. The van der Waals surface area contributed by atoms with Crippen molar-refractivity contribution in [2.24, 2.45) is 5.92 Å². The van der Waals surface area contributed by atoms with Crippen molar-refractivity contribution in [1.29, 1.82) is 0 Å². The summed E-state index contributed by atoms with van der Waals surface area (Å²) in [5.41, 5.74) is 6.53. The Hall–Kier alpha value is -2.33. The summed E-state index contributed by atoms with van der Waals surface area (Å²) in [5, 5.41) is 3.31. The zero-order chi connectivity index (χ0) is 24.6. The Morgan fingerprint density at radius 3 is 2.71 bits per heavy atom. The summed E-state index contributed by atoms with van der Waals surface area (Å²) in [5.74, 6) is 0.561. The van der Waals surface area contributed by atoms with Crippen LogP contribution in [0.15, 0.2) is 47.4 Å². The zero-order valence-electron chi connectivity index (χ0n) is 19.4. The maximum atomic E-state index is 12.6. The average molecular weight is 509 g/mol. The predicted molar refractivity (Wildman–Crippen MR) is 135 cm³/mol. The summed E-state index contributed by atoms with van der Waals surface area (Å²) in [7, 11) is -1.94. The van der Waals surface area contributed by atoms with Crippen LogP contribution in [0, 0.1) is 5.92 Å². The number of nitrogens with zero attached hydrogens (tertiary/aromatic N) is 1. The minimum atomic E-state index is -3.43. The molecule has 1 saturated heterocycles. The molecule has 8 nitrogen and oxygen atoms in total. The number of anilines is 1. The van der Waals surface area contributed by atoms with Gasteiger partial charge in [0.1, 0.15) is 5.75 Å². The number of halogens is 1. The highest BCUT2D eigenvalue weighted by atomic mass is 35.5. The van der Waals surface area contributed by atoms with Gasteiger partial charge in [-0.3, -0.25) is 4.79 Å². The number of ether oxygens (including phenoxy) is 1. The number of hydrogen-bond acceptors (Lipinski definition) is 6. The number of sulfonamides is 1. The van der Waals surface area contributed by atoms with Gasteiger partial charge < -0.3 is 20.7 Å². The number of amides is 1. The second-order valence-electron chi connectivity index (χ2n) is 8.51. The summed E-state index contributed by atoms with van der Waals surface area (Å²) in [6.45, 7) is 3.92. The van der Waals surface area contributed by atoms with Gasteiger partial charge in [0.15, 0.2) is 0 Å². The van der Waals surface area contributed by atoms with Crippen molar-refractivity contribution in [2.45, 2.75) is 30.6 Å². The Balaban J connectivity index is 1.32. The first-order valence-corrected chi connectivity index (χ1v) is 13.3. The average Bonchev–Trinajstić information content (AvgIpc) is 3.29. The van der Waals surface area contributed by atoms with Gasteiger partial charge in [-0.05, 0) is 56.5 Å². The molecule has 0 aliphatic carbocycles. The van der Waals surface area contributed by atoms with Gasteiger partial charge in [0, 0.05) is 25.7 Å². The Labute approximate surface area is 206 Å². The van der Waals surface area contributed by atoms with Crippen LogP contribution in [0.2, 0.25) is 5.02 Å². The Kier molecular flexibility index (Phi) is 9.58. The molecule has 0 unspecified atom stereocenters. The number of methoxy groups -OCH3 is 1. The highest BCUT2D eigenvalue weighted by molar-refractivity contribution is 7.89. The number of nitrogen functional groups attached to an aromatic ring is 1. The largest absolute Gasteiger partial charge is 0.496 e. The molecule has 1 aliphatic rings. The maximum absolute atomic E-state index is 12.6. The topological polar surface area (TPSA) is 114 Å². The van der Waals surface area contributed by atoms with E-state index in [4.69, 9.17) is 22.1 Å². The van der Waals surface area contributed by atoms with Crippen molar-refractivity contribution >= 4 is 33.2 Å². The number of likely N-dealkylation sites (tertiary alicyclic amines) is 1. The first-order chi connectivity index (χ1) is 16.3. The van der Waals surface area contributed by atoms with E-state index in [0.29, 0.717) is 45.9 Å². The van der Waals surface area contributed by atoms with Crippen molar-refractivity contribution in [3.63, 3.8) is 0 Å². The van der Waals surface area contributed by atoms with Gasteiger partial charge in [-0.1, -0.05) is 36.2 Å². The van der Waals surface area contributed by atoms with E-state index in [2.05, 4.69) is 14.9 Å². The van der Waals surface area contributed by atoms with E-state index in [9.17, 15) is 13.2 Å². The van der Waals surface area contributed by atoms with Crippen molar-refractivity contribution in [3.8, 4) is 5.75 Å². The van der Waals surface area contributed by atoms with Gasteiger partial charge in [-0.25, -0.2) is 13.1 Å². The molecular weight excluding hydrogens is 476 g/mol. The summed E-state index contributed by atoms with van der Waals surface area (Å²) >= 11 is 6.06. The Bertz CT molecular complexity index is 1070. The first kappa shape index (κ1) is 26.3. The molecule has 10 heteroatoms. The molecule has 34 heavy (non-hydrogen) atoms. The van der Waals surface area contributed by atoms with E-state index in [0.717, 1.165) is 45.3 Å². The van der Waals surface area contributed by atoms with E-state index >= 15 is 0 Å². The third kappa shape index (κ3) is 7.33. The Morgan fingerprint density at radius 2 is 1.97 bits per heavy atom. The first-order valence-electron chi connectivity index (χ1n) is 11.5. The molecule has 0 saturated carbocycles. The van der Waals surface area contributed by atoms with Crippen LogP contribution in [0.1, 0.15) is 36.0 Å². The van der Waals surface area contributed by atoms with E-state index in [-0.39, 0.29) is 5.91 Å². The lowest BCUT2D eigenvalue weighted by atomic mass is 10.1. The fraction of sp³-hybridized carbons (Fsp3) is 0.458. The van der Waals surface area contributed by atoms with E-state index < -0.39 is 10.0 Å². The maximum Gasteiger partial charge on any atom is 0.255 e. The molecule has 2 aromatic carbocycles. The lowest BCUT2D eigenvalue weighted by Gasteiger charge is -2.17. The Morgan fingerprint density at radius 1 is 1.21 bits per heavy atom. The summed E-state index contributed by atoms with van der Waals surface area (Å²) in [6, 6.07) is 11.5. The second-order valence-corrected chi connectivity index (χ2v) is 10.7. The van der Waals surface area contributed by atoms with Crippen LogP contribution in [0.5, 0.6) is 5.75 Å². The van der Waals surface area contributed by atoms with Crippen LogP contribution in [0.4, 0.5) is 5.69 Å². The number of nitrogens with two attached hydrogens (primary N) is 1. The third-order valence-corrected chi connectivity index (χ3v) is 7.79. The van der Waals surface area contributed by atoms with Crippen molar-refractivity contribution < 1.29 is 17.9 Å². The van der Waals surface area contributed by atoms with E-state index in [1.54, 1.807) is 36.4 Å². The van der Waals surface area contributed by atoms with Crippen LogP contribution in [0.25, 0.3) is 0 Å². The minimum absolute atomic E-state index is 0.227. The third-order valence-electron chi connectivity index (χ3n) is 5.98. The lowest BCUT2D eigenvalue weighted by molar-refractivity contribution is 0.0944. The number of carbonyl (C=O) groups excluding carboxylic acids is 1. The standard InChI is InChI=1S/C24H33ClN4O4S/c1-33-23-15-22(26)21(25)14-20(23)24(30)27-16-18-10-13-29(17-18)12-7-3-6-11-28-34(31,32)19-8-4-2-5-9-19/h2,4-5,8-9,14-15,18,28H,3,6-7,10-13,16-17,26H2,1H3,(H,27,30)/t18-/m1/s1. The smallest absolute Gasteiger partial charge is 0.255 e. The van der Waals surface area contributed by atoms with Gasteiger partial charge in [0.2, 0.25) is 10.0 Å². The molecule has 4 N–H and O–H groups in total. The van der Waals surface area contributed by atoms with Gasteiger partial charge >= 0.3 is 0 Å². The number of rotatable bonds is 12. The van der Waals surface area contributed by atoms with Gasteiger partial charge in [0.25, 0.3) is 5.91 Å². The van der Waals surface area contributed by atoms with Crippen LogP contribution < -0.4 is 20.5 Å². The summed E-state index contributed by atoms with van der Waals surface area (Å²) in [6.07, 6.45) is 3.78. The van der Waals surface area contributed by atoms with E-state index in [1.807, 2.05) is 0 Å². The molecule has 0 spiro atoms. The normalized spacial score (nSPS) is 16.5. The highest BCUT2D eigenvalue weighted by Crippen LogP contribution is 2.29. The molecule has 1 fully saturated rings. The van der Waals surface area contributed by atoms with E-state index in [1.165, 1.54) is 13.2 Å². The lowest BCUT2D eigenvalue weighted by Crippen LogP contribution is -2.31. The highest BCUT2D eigenvalue weighted by Gasteiger charge is 2.23.